The van der Waals surface area contributed by atoms with Crippen molar-refractivity contribution < 1.29 is 33.3 Å². The zero-order valence-electron chi connectivity index (χ0n) is 16.2. The second kappa shape index (κ2) is 10.3. The Balaban J connectivity index is 2.82. The highest BCUT2D eigenvalue weighted by atomic mass is 79.9. The lowest BCUT2D eigenvalue weighted by atomic mass is 10.0. The van der Waals surface area contributed by atoms with E-state index in [1.165, 1.54) is 0 Å². The van der Waals surface area contributed by atoms with Crippen molar-refractivity contribution in [2.24, 2.45) is 17.8 Å². The zero-order chi connectivity index (χ0) is 20.0. The summed E-state index contributed by atoms with van der Waals surface area (Å²) in [5.41, 5.74) is 0. The third-order valence-corrected chi connectivity index (χ3v) is 4.62. The molecule has 1 heterocycles. The van der Waals surface area contributed by atoms with Crippen LogP contribution in [0.1, 0.15) is 48.0 Å². The molecule has 0 amide bonds. The number of carbonyl (C=O) groups excluding carboxylic acids is 3. The van der Waals surface area contributed by atoms with Gasteiger partial charge in [-0.2, -0.15) is 0 Å². The van der Waals surface area contributed by atoms with E-state index in [4.69, 9.17) is 18.9 Å². The fourth-order valence-corrected chi connectivity index (χ4v) is 2.70. The minimum Gasteiger partial charge on any atom is -0.463 e. The smallest absolute Gasteiger partial charge is 0.308 e. The second-order valence-electron chi connectivity index (χ2n) is 7.31. The molecular weight excluding hydrogens is 408 g/mol. The van der Waals surface area contributed by atoms with Gasteiger partial charge in [-0.1, -0.05) is 57.5 Å². The third kappa shape index (κ3) is 6.87. The van der Waals surface area contributed by atoms with Crippen molar-refractivity contribution in [1.82, 2.24) is 0 Å². The molecule has 0 N–H and O–H groups in total. The van der Waals surface area contributed by atoms with Crippen LogP contribution in [0, 0.1) is 17.8 Å². The Kier molecular flexibility index (Phi) is 9.03. The molecule has 1 rings (SSSR count). The van der Waals surface area contributed by atoms with Crippen LogP contribution in [0.3, 0.4) is 0 Å². The Bertz CT molecular complexity index is 504. The van der Waals surface area contributed by atoms with Gasteiger partial charge in [-0.25, -0.2) is 0 Å². The van der Waals surface area contributed by atoms with E-state index in [1.807, 2.05) is 0 Å². The van der Waals surface area contributed by atoms with Crippen molar-refractivity contribution in [2.75, 3.05) is 6.61 Å². The molecule has 1 aliphatic rings. The van der Waals surface area contributed by atoms with Gasteiger partial charge in [0.2, 0.25) is 0 Å². The van der Waals surface area contributed by atoms with Gasteiger partial charge in [0.25, 0.3) is 0 Å². The quantitative estimate of drug-likeness (QED) is 0.344. The molecule has 1 aliphatic heterocycles. The molecule has 0 unspecified atom stereocenters. The first kappa shape index (κ1) is 22.9. The van der Waals surface area contributed by atoms with Crippen molar-refractivity contribution in [3.8, 4) is 0 Å². The Hall–Kier alpha value is -1.15. The highest BCUT2D eigenvalue weighted by Gasteiger charge is 2.42. The molecule has 0 radical (unpaired) electrons. The molecule has 4 atom stereocenters. The molecule has 0 aliphatic carbocycles. The standard InChI is InChI=1S/C18H29BrO7/c1-9(2)16(20)23-8-14-12(25-17(21)10(3)4)7-13(15(19)24-14)26-18(22)11(5)6/h9-15H,7-8H2,1-6H3/t12-,13+,14+,15-/m0/s1. The van der Waals surface area contributed by atoms with Crippen LogP contribution in [0.5, 0.6) is 0 Å². The Labute approximate surface area is 163 Å². The molecule has 7 nitrogen and oxygen atoms in total. The van der Waals surface area contributed by atoms with E-state index in [0.717, 1.165) is 0 Å². The van der Waals surface area contributed by atoms with Crippen molar-refractivity contribution in [3.63, 3.8) is 0 Å². The van der Waals surface area contributed by atoms with Gasteiger partial charge in [0, 0.05) is 6.42 Å². The number of hydrogen-bond acceptors (Lipinski definition) is 7. The van der Waals surface area contributed by atoms with Gasteiger partial charge in [-0.3, -0.25) is 14.4 Å². The van der Waals surface area contributed by atoms with Gasteiger partial charge in [-0.15, -0.1) is 0 Å². The molecule has 0 bridgehead atoms. The third-order valence-electron chi connectivity index (χ3n) is 3.82. The van der Waals surface area contributed by atoms with Gasteiger partial charge in [0.15, 0.2) is 0 Å². The largest absolute Gasteiger partial charge is 0.463 e. The fraction of sp³-hybridized carbons (Fsp3) is 0.833. The summed E-state index contributed by atoms with van der Waals surface area (Å²) < 4.78 is 22.0. The predicted molar refractivity (Wildman–Crippen MR) is 97.4 cm³/mol. The van der Waals surface area contributed by atoms with Crippen LogP contribution in [-0.4, -0.2) is 47.8 Å². The van der Waals surface area contributed by atoms with E-state index in [9.17, 15) is 14.4 Å². The molecular formula is C18H29BrO7. The Morgan fingerprint density at radius 2 is 1.35 bits per heavy atom. The number of ether oxygens (including phenoxy) is 4. The molecule has 0 aromatic rings. The van der Waals surface area contributed by atoms with Crippen LogP contribution < -0.4 is 0 Å². The maximum atomic E-state index is 12.0. The van der Waals surface area contributed by atoms with Crippen LogP contribution >= 0.6 is 15.9 Å². The number of hydrogen-bond donors (Lipinski definition) is 0. The summed E-state index contributed by atoms with van der Waals surface area (Å²) in [5.74, 6) is -1.97. The van der Waals surface area contributed by atoms with E-state index in [-0.39, 0.29) is 48.7 Å². The minimum absolute atomic E-state index is 0.0417. The van der Waals surface area contributed by atoms with Crippen molar-refractivity contribution in [2.45, 2.75) is 71.3 Å². The normalized spacial score (nSPS) is 26.1. The first-order chi connectivity index (χ1) is 12.0. The number of alkyl halides is 1. The lowest BCUT2D eigenvalue weighted by Gasteiger charge is -2.38. The molecule has 150 valence electrons. The lowest BCUT2D eigenvalue weighted by Crippen LogP contribution is -2.50. The number of halogens is 1. The number of rotatable bonds is 7. The monoisotopic (exact) mass is 436 g/mol. The van der Waals surface area contributed by atoms with Gasteiger partial charge in [0.1, 0.15) is 29.9 Å². The molecule has 1 fully saturated rings. The highest BCUT2D eigenvalue weighted by Crippen LogP contribution is 2.30. The molecule has 8 heteroatoms. The van der Waals surface area contributed by atoms with Gasteiger partial charge in [0.05, 0.1) is 17.8 Å². The van der Waals surface area contributed by atoms with E-state index in [2.05, 4.69) is 15.9 Å². The average Bonchev–Trinajstić information content (AvgIpc) is 2.55. The lowest BCUT2D eigenvalue weighted by molar-refractivity contribution is -0.199. The summed E-state index contributed by atoms with van der Waals surface area (Å²) >= 11 is 3.35. The summed E-state index contributed by atoms with van der Waals surface area (Å²) in [5, 5.41) is -0.582. The molecule has 0 saturated carbocycles. The van der Waals surface area contributed by atoms with E-state index >= 15 is 0 Å². The van der Waals surface area contributed by atoms with E-state index < -0.39 is 23.3 Å². The maximum absolute atomic E-state index is 12.0. The molecule has 26 heavy (non-hydrogen) atoms. The molecule has 0 aromatic carbocycles. The van der Waals surface area contributed by atoms with Gasteiger partial charge < -0.3 is 18.9 Å². The second-order valence-corrected chi connectivity index (χ2v) is 8.21. The van der Waals surface area contributed by atoms with Crippen molar-refractivity contribution in [3.05, 3.63) is 0 Å². The van der Waals surface area contributed by atoms with Crippen LogP contribution in [-0.2, 0) is 33.3 Å². The van der Waals surface area contributed by atoms with Crippen molar-refractivity contribution >= 4 is 33.8 Å². The van der Waals surface area contributed by atoms with Crippen LogP contribution in [0.4, 0.5) is 0 Å². The molecule has 1 saturated heterocycles. The minimum atomic E-state index is -0.677. The van der Waals surface area contributed by atoms with Crippen molar-refractivity contribution in [1.29, 1.82) is 0 Å². The fourth-order valence-electron chi connectivity index (χ4n) is 2.10. The van der Waals surface area contributed by atoms with Gasteiger partial charge >= 0.3 is 17.9 Å². The van der Waals surface area contributed by atoms with Gasteiger partial charge in [-0.05, 0) is 0 Å². The summed E-state index contributed by atoms with van der Waals surface area (Å²) in [6, 6.07) is 0. The maximum Gasteiger partial charge on any atom is 0.308 e. The topological polar surface area (TPSA) is 88.1 Å². The Morgan fingerprint density at radius 1 is 0.885 bits per heavy atom. The zero-order valence-corrected chi connectivity index (χ0v) is 17.8. The first-order valence-electron chi connectivity index (χ1n) is 8.90. The van der Waals surface area contributed by atoms with Crippen LogP contribution in [0.15, 0.2) is 0 Å². The predicted octanol–water partition coefficient (Wildman–Crippen LogP) is 2.83. The summed E-state index contributed by atoms with van der Waals surface area (Å²) in [6.45, 7) is 10.3. The SMILES string of the molecule is CC(C)C(=O)OC[C@H]1O[C@H](Br)[C@H](OC(=O)C(C)C)C[C@@H]1OC(=O)C(C)C. The van der Waals surface area contributed by atoms with E-state index in [0.29, 0.717) is 0 Å². The summed E-state index contributed by atoms with van der Waals surface area (Å²) in [4.78, 5) is 35.6. The molecule has 0 aromatic heterocycles. The average molecular weight is 437 g/mol. The van der Waals surface area contributed by atoms with Crippen LogP contribution in [0.25, 0.3) is 0 Å². The summed E-state index contributed by atoms with van der Waals surface area (Å²) in [7, 11) is 0. The summed E-state index contributed by atoms with van der Waals surface area (Å²) in [6.07, 6.45) is -1.66. The first-order valence-corrected chi connectivity index (χ1v) is 9.81. The highest BCUT2D eigenvalue weighted by molar-refractivity contribution is 9.09. The number of carbonyl (C=O) groups is 3. The molecule has 0 spiro atoms. The number of esters is 3. The Morgan fingerprint density at radius 3 is 1.81 bits per heavy atom. The van der Waals surface area contributed by atoms with E-state index in [1.54, 1.807) is 41.5 Å². The van der Waals surface area contributed by atoms with Crippen LogP contribution in [0.2, 0.25) is 0 Å².